The van der Waals surface area contributed by atoms with Gasteiger partial charge in [0.25, 0.3) is 0 Å². The van der Waals surface area contributed by atoms with Gasteiger partial charge in [0.15, 0.2) is 0 Å². The molecule has 1 atom stereocenters. The van der Waals surface area contributed by atoms with E-state index in [0.717, 1.165) is 19.5 Å². The molecule has 2 N–H and O–H groups in total. The number of likely N-dealkylation sites (tertiary alicyclic amines) is 1. The zero-order chi connectivity index (χ0) is 13.3. The largest absolute Gasteiger partial charge is 0.333 e. The fourth-order valence-corrected chi connectivity index (χ4v) is 2.42. The fourth-order valence-electron chi connectivity index (χ4n) is 2.42. The highest BCUT2D eigenvalue weighted by Crippen LogP contribution is 2.28. The van der Waals surface area contributed by atoms with Gasteiger partial charge < -0.3 is 5.73 Å². The Balaban J connectivity index is 1.97. The summed E-state index contributed by atoms with van der Waals surface area (Å²) in [5.41, 5.74) is 6.81. The lowest BCUT2D eigenvalue weighted by molar-refractivity contribution is 0.0545. The number of nitrogens with zero attached hydrogens (tertiary/aromatic N) is 3. The molecule has 0 radical (unpaired) electrons. The van der Waals surface area contributed by atoms with Crippen LogP contribution in [0.15, 0.2) is 12.3 Å². The normalized spacial score (nSPS) is 24.7. The zero-order valence-electron chi connectivity index (χ0n) is 10.8. The van der Waals surface area contributed by atoms with Gasteiger partial charge in [0, 0.05) is 31.9 Å². The van der Waals surface area contributed by atoms with Crippen LogP contribution in [0.3, 0.4) is 0 Å². The molecule has 102 valence electrons. The summed E-state index contributed by atoms with van der Waals surface area (Å²) in [5.74, 6) is 0. The van der Waals surface area contributed by atoms with Crippen LogP contribution in [-0.2, 0) is 6.54 Å². The summed E-state index contributed by atoms with van der Waals surface area (Å²) in [7, 11) is 0. The van der Waals surface area contributed by atoms with E-state index in [4.69, 9.17) is 5.73 Å². The number of nitrogens with two attached hydrogens (primary N) is 1. The number of alkyl halides is 2. The topological polar surface area (TPSA) is 47.1 Å². The molecule has 2 heterocycles. The number of halogens is 2. The molecule has 2 rings (SSSR count). The van der Waals surface area contributed by atoms with Crippen molar-refractivity contribution in [3.8, 4) is 0 Å². The summed E-state index contributed by atoms with van der Waals surface area (Å²) in [5, 5.41) is 3.86. The predicted molar refractivity (Wildman–Crippen MR) is 65.1 cm³/mol. The van der Waals surface area contributed by atoms with Crippen molar-refractivity contribution in [1.29, 1.82) is 0 Å². The minimum Gasteiger partial charge on any atom is -0.327 e. The molecule has 6 heteroatoms. The van der Waals surface area contributed by atoms with E-state index in [1.165, 1.54) is 6.20 Å². The van der Waals surface area contributed by atoms with Gasteiger partial charge in [-0.15, -0.1) is 0 Å². The van der Waals surface area contributed by atoms with Crippen molar-refractivity contribution in [2.75, 3.05) is 13.1 Å². The van der Waals surface area contributed by atoms with Crippen molar-refractivity contribution in [2.45, 2.75) is 39.4 Å². The number of piperidine rings is 1. The number of rotatable bonds is 3. The van der Waals surface area contributed by atoms with Gasteiger partial charge in [-0.1, -0.05) is 13.8 Å². The van der Waals surface area contributed by atoms with Crippen molar-refractivity contribution in [3.05, 3.63) is 18.0 Å². The molecule has 0 aromatic carbocycles. The van der Waals surface area contributed by atoms with Gasteiger partial charge in [-0.2, -0.15) is 13.9 Å². The first-order chi connectivity index (χ1) is 8.38. The number of hydrogen-bond acceptors (Lipinski definition) is 3. The summed E-state index contributed by atoms with van der Waals surface area (Å²) in [6.07, 6.45) is 2.25. The highest BCUT2D eigenvalue weighted by atomic mass is 19.3. The van der Waals surface area contributed by atoms with E-state index in [2.05, 4.69) is 23.8 Å². The standard InChI is InChI=1S/C12H20F2N4/c1-12(2)8-17(5-4-10(12)15)7-9-3-6-18(16-9)11(13)14/h3,6,10-11H,4-5,7-8,15H2,1-2H3. The fraction of sp³-hybridized carbons (Fsp3) is 0.750. The number of hydrogen-bond donors (Lipinski definition) is 1. The van der Waals surface area contributed by atoms with E-state index < -0.39 is 6.55 Å². The van der Waals surface area contributed by atoms with Crippen LogP contribution in [0.4, 0.5) is 8.78 Å². The van der Waals surface area contributed by atoms with Crippen molar-refractivity contribution in [2.24, 2.45) is 11.1 Å². The summed E-state index contributed by atoms with van der Waals surface area (Å²) >= 11 is 0. The second-order valence-corrected chi connectivity index (χ2v) is 5.66. The summed E-state index contributed by atoms with van der Waals surface area (Å²) in [6, 6.07) is 1.85. The molecule has 0 amide bonds. The quantitative estimate of drug-likeness (QED) is 0.900. The van der Waals surface area contributed by atoms with Gasteiger partial charge in [0.05, 0.1) is 5.69 Å². The predicted octanol–water partition coefficient (Wildman–Crippen LogP) is 1.84. The molecule has 0 spiro atoms. The maximum atomic E-state index is 12.4. The lowest BCUT2D eigenvalue weighted by atomic mass is 9.80. The van der Waals surface area contributed by atoms with Gasteiger partial charge in [-0.25, -0.2) is 4.68 Å². The molecule has 0 aliphatic carbocycles. The Hall–Kier alpha value is -1.01. The zero-order valence-corrected chi connectivity index (χ0v) is 10.8. The minimum atomic E-state index is -2.56. The summed E-state index contributed by atoms with van der Waals surface area (Å²) < 4.78 is 25.5. The Morgan fingerprint density at radius 2 is 2.28 bits per heavy atom. The van der Waals surface area contributed by atoms with Crippen LogP contribution in [0.25, 0.3) is 0 Å². The third kappa shape index (κ3) is 2.87. The number of aromatic nitrogens is 2. The van der Waals surface area contributed by atoms with Crippen LogP contribution < -0.4 is 5.73 Å². The van der Waals surface area contributed by atoms with E-state index >= 15 is 0 Å². The van der Waals surface area contributed by atoms with Crippen molar-refractivity contribution in [3.63, 3.8) is 0 Å². The van der Waals surface area contributed by atoms with E-state index in [0.29, 0.717) is 16.9 Å². The highest BCUT2D eigenvalue weighted by Gasteiger charge is 2.33. The van der Waals surface area contributed by atoms with Crippen LogP contribution in [-0.4, -0.2) is 33.8 Å². The molecule has 1 fully saturated rings. The second kappa shape index (κ2) is 4.93. The van der Waals surface area contributed by atoms with Crippen LogP contribution in [0.1, 0.15) is 32.5 Å². The van der Waals surface area contributed by atoms with Crippen molar-refractivity contribution in [1.82, 2.24) is 14.7 Å². The van der Waals surface area contributed by atoms with Crippen LogP contribution in [0.2, 0.25) is 0 Å². The molecule has 0 saturated carbocycles. The average molecular weight is 258 g/mol. The first-order valence-corrected chi connectivity index (χ1v) is 6.18. The molecule has 0 bridgehead atoms. The van der Waals surface area contributed by atoms with E-state index in [1.807, 2.05) is 0 Å². The molecule has 1 aromatic heterocycles. The highest BCUT2D eigenvalue weighted by molar-refractivity contribution is 5.00. The van der Waals surface area contributed by atoms with Crippen molar-refractivity contribution < 1.29 is 8.78 Å². The van der Waals surface area contributed by atoms with E-state index in [1.54, 1.807) is 6.07 Å². The Kier molecular flexibility index (Phi) is 3.68. The van der Waals surface area contributed by atoms with E-state index in [9.17, 15) is 8.78 Å². The van der Waals surface area contributed by atoms with Gasteiger partial charge in [0.2, 0.25) is 0 Å². The van der Waals surface area contributed by atoms with Crippen LogP contribution >= 0.6 is 0 Å². The average Bonchev–Trinajstić information content (AvgIpc) is 2.72. The molecule has 1 aromatic rings. The van der Waals surface area contributed by atoms with Gasteiger partial charge in [-0.3, -0.25) is 4.90 Å². The molecular formula is C12H20F2N4. The molecule has 4 nitrogen and oxygen atoms in total. The van der Waals surface area contributed by atoms with Gasteiger partial charge in [-0.05, 0) is 17.9 Å². The minimum absolute atomic E-state index is 0.0591. The lowest BCUT2D eigenvalue weighted by Crippen LogP contribution is -2.52. The van der Waals surface area contributed by atoms with E-state index in [-0.39, 0.29) is 11.5 Å². The second-order valence-electron chi connectivity index (χ2n) is 5.66. The van der Waals surface area contributed by atoms with Gasteiger partial charge in [0.1, 0.15) is 0 Å². The Morgan fingerprint density at radius 1 is 1.56 bits per heavy atom. The lowest BCUT2D eigenvalue weighted by Gasteiger charge is -2.42. The smallest absolute Gasteiger partial charge is 0.327 e. The maximum Gasteiger partial charge on any atom is 0.333 e. The third-order valence-electron chi connectivity index (χ3n) is 3.64. The molecule has 18 heavy (non-hydrogen) atoms. The molecule has 1 aliphatic heterocycles. The molecule has 1 saturated heterocycles. The Labute approximate surface area is 106 Å². The first-order valence-electron chi connectivity index (χ1n) is 6.18. The monoisotopic (exact) mass is 258 g/mol. The Bertz CT molecular complexity index is 403. The van der Waals surface area contributed by atoms with Crippen LogP contribution in [0.5, 0.6) is 0 Å². The van der Waals surface area contributed by atoms with Crippen molar-refractivity contribution >= 4 is 0 Å². The Morgan fingerprint density at radius 3 is 2.83 bits per heavy atom. The van der Waals surface area contributed by atoms with Gasteiger partial charge >= 0.3 is 6.55 Å². The SMILES string of the molecule is CC1(C)CN(Cc2ccn(C(F)F)n2)CCC1N. The summed E-state index contributed by atoms with van der Waals surface area (Å²) in [4.78, 5) is 2.22. The van der Waals surface area contributed by atoms with Crippen LogP contribution in [0, 0.1) is 5.41 Å². The summed E-state index contributed by atoms with van der Waals surface area (Å²) in [6.45, 7) is 4.09. The maximum absolute atomic E-state index is 12.4. The molecule has 1 aliphatic rings. The first kappa shape index (κ1) is 13.4. The molecule has 1 unspecified atom stereocenters. The third-order valence-corrected chi connectivity index (χ3v) is 3.64. The molecular weight excluding hydrogens is 238 g/mol.